The third kappa shape index (κ3) is 2.60. The van der Waals surface area contributed by atoms with Crippen LogP contribution in [0, 0.1) is 0 Å². The number of hydrogen-bond acceptors (Lipinski definition) is 6. The number of rotatable bonds is 4. The molecule has 2 N–H and O–H groups in total. The first kappa shape index (κ1) is 12.4. The van der Waals surface area contributed by atoms with Crippen molar-refractivity contribution in [3.8, 4) is 5.75 Å². The molecule has 1 aromatic carbocycles. The van der Waals surface area contributed by atoms with E-state index in [1.54, 1.807) is 29.9 Å². The molecule has 0 aliphatic rings. The smallest absolute Gasteiger partial charge is 0.344 e. The normalized spacial score (nSPS) is 10.1. The molecule has 0 fully saturated rings. The number of esters is 1. The first-order valence-electron chi connectivity index (χ1n) is 5.19. The molecule has 0 aliphatic carbocycles. The van der Waals surface area contributed by atoms with Gasteiger partial charge in [0, 0.05) is 11.9 Å². The molecule has 0 unspecified atom stereocenters. The molecule has 0 radical (unpaired) electrons. The number of nitrogen functional groups attached to an aromatic ring is 1. The van der Waals surface area contributed by atoms with Crippen molar-refractivity contribution < 1.29 is 14.3 Å². The maximum atomic E-state index is 11.9. The minimum atomic E-state index is -0.502. The molecule has 0 aliphatic heterocycles. The molecule has 0 bridgehead atoms. The molecule has 1 aromatic heterocycles. The standard InChI is InChI=1S/C12H12N2O3S/c1-16-10-4-2-3-9(13)11(10)12(15)17-6-8-5-14-7-18-8/h2-5,7H,6,13H2,1H3. The number of aromatic nitrogens is 1. The summed E-state index contributed by atoms with van der Waals surface area (Å²) in [5.74, 6) is -0.0948. The van der Waals surface area contributed by atoms with Gasteiger partial charge in [0.1, 0.15) is 17.9 Å². The van der Waals surface area contributed by atoms with E-state index in [9.17, 15) is 4.79 Å². The molecular weight excluding hydrogens is 252 g/mol. The van der Waals surface area contributed by atoms with Gasteiger partial charge in [-0.25, -0.2) is 4.79 Å². The number of anilines is 1. The number of methoxy groups -OCH3 is 1. The fraction of sp³-hybridized carbons (Fsp3) is 0.167. The number of thiazole rings is 1. The van der Waals surface area contributed by atoms with Crippen molar-refractivity contribution in [3.05, 3.63) is 40.3 Å². The van der Waals surface area contributed by atoms with Crippen molar-refractivity contribution in [2.24, 2.45) is 0 Å². The SMILES string of the molecule is COc1cccc(N)c1C(=O)OCc1cncs1. The lowest BCUT2D eigenvalue weighted by Crippen LogP contribution is -2.09. The van der Waals surface area contributed by atoms with Crippen molar-refractivity contribution in [1.82, 2.24) is 4.98 Å². The van der Waals surface area contributed by atoms with Crippen molar-refractivity contribution in [2.75, 3.05) is 12.8 Å². The largest absolute Gasteiger partial charge is 0.496 e. The number of carbonyl (C=O) groups excluding carboxylic acids is 1. The second-order valence-corrected chi connectivity index (χ2v) is 4.44. The summed E-state index contributed by atoms with van der Waals surface area (Å²) >= 11 is 1.42. The van der Waals surface area contributed by atoms with Gasteiger partial charge in [0.15, 0.2) is 0 Å². The minimum Gasteiger partial charge on any atom is -0.496 e. The fourth-order valence-electron chi connectivity index (χ4n) is 1.46. The van der Waals surface area contributed by atoms with Crippen LogP contribution in [0.2, 0.25) is 0 Å². The molecule has 2 rings (SSSR count). The van der Waals surface area contributed by atoms with Crippen molar-refractivity contribution >= 4 is 23.0 Å². The predicted molar refractivity (Wildman–Crippen MR) is 68.6 cm³/mol. The fourth-order valence-corrected chi connectivity index (χ4v) is 1.96. The van der Waals surface area contributed by atoms with E-state index in [0.717, 1.165) is 4.88 Å². The highest BCUT2D eigenvalue weighted by Gasteiger charge is 2.17. The Hall–Kier alpha value is -2.08. The van der Waals surface area contributed by atoms with E-state index in [1.165, 1.54) is 18.4 Å². The van der Waals surface area contributed by atoms with Gasteiger partial charge in [-0.05, 0) is 12.1 Å². The summed E-state index contributed by atoms with van der Waals surface area (Å²) in [7, 11) is 1.48. The molecule has 0 atom stereocenters. The van der Waals surface area contributed by atoms with E-state index in [-0.39, 0.29) is 12.2 Å². The molecule has 94 valence electrons. The third-order valence-electron chi connectivity index (χ3n) is 2.31. The Morgan fingerprint density at radius 2 is 2.33 bits per heavy atom. The van der Waals surface area contributed by atoms with E-state index in [1.807, 2.05) is 0 Å². The van der Waals surface area contributed by atoms with Crippen molar-refractivity contribution in [3.63, 3.8) is 0 Å². The Kier molecular flexibility index (Phi) is 3.78. The molecule has 1 heterocycles. The second-order valence-electron chi connectivity index (χ2n) is 3.47. The number of nitrogens with two attached hydrogens (primary N) is 1. The highest BCUT2D eigenvalue weighted by molar-refractivity contribution is 7.09. The Morgan fingerprint density at radius 1 is 1.50 bits per heavy atom. The number of ether oxygens (including phenoxy) is 2. The lowest BCUT2D eigenvalue weighted by Gasteiger charge is -2.10. The van der Waals surface area contributed by atoms with Crippen LogP contribution in [-0.4, -0.2) is 18.1 Å². The van der Waals surface area contributed by atoms with Gasteiger partial charge in [-0.1, -0.05) is 6.07 Å². The third-order valence-corrected chi connectivity index (χ3v) is 3.06. The maximum Gasteiger partial charge on any atom is 0.344 e. The Bertz CT molecular complexity index is 540. The van der Waals surface area contributed by atoms with Gasteiger partial charge in [-0.15, -0.1) is 11.3 Å². The summed E-state index contributed by atoms with van der Waals surface area (Å²) in [6, 6.07) is 5.01. The van der Waals surface area contributed by atoms with Gasteiger partial charge in [0.2, 0.25) is 0 Å². The van der Waals surface area contributed by atoms with Crippen LogP contribution < -0.4 is 10.5 Å². The minimum absolute atomic E-state index is 0.182. The lowest BCUT2D eigenvalue weighted by atomic mass is 10.1. The van der Waals surface area contributed by atoms with E-state index >= 15 is 0 Å². The van der Waals surface area contributed by atoms with Crippen molar-refractivity contribution in [2.45, 2.75) is 6.61 Å². The van der Waals surface area contributed by atoms with E-state index in [0.29, 0.717) is 11.4 Å². The summed E-state index contributed by atoms with van der Waals surface area (Å²) in [4.78, 5) is 16.7. The van der Waals surface area contributed by atoms with E-state index < -0.39 is 5.97 Å². The van der Waals surface area contributed by atoms with Crippen LogP contribution in [0.4, 0.5) is 5.69 Å². The Balaban J connectivity index is 2.13. The molecule has 18 heavy (non-hydrogen) atoms. The molecular formula is C12H12N2O3S. The van der Waals surface area contributed by atoms with Gasteiger partial charge < -0.3 is 15.2 Å². The molecule has 2 aromatic rings. The Morgan fingerprint density at radius 3 is 3.00 bits per heavy atom. The lowest BCUT2D eigenvalue weighted by molar-refractivity contribution is 0.0474. The van der Waals surface area contributed by atoms with Crippen molar-refractivity contribution in [1.29, 1.82) is 0 Å². The summed E-state index contributed by atoms with van der Waals surface area (Å²) in [5.41, 5.74) is 8.03. The topological polar surface area (TPSA) is 74.4 Å². The van der Waals surface area contributed by atoms with Crippen LogP contribution in [0.5, 0.6) is 5.75 Å². The maximum absolute atomic E-state index is 11.9. The Labute approximate surface area is 108 Å². The van der Waals surface area contributed by atoms with Gasteiger partial charge >= 0.3 is 5.97 Å². The van der Waals surface area contributed by atoms with Crippen LogP contribution >= 0.6 is 11.3 Å². The van der Waals surface area contributed by atoms with Crippen LogP contribution in [0.15, 0.2) is 29.9 Å². The van der Waals surface area contributed by atoms with Gasteiger partial charge in [0.25, 0.3) is 0 Å². The molecule has 0 saturated heterocycles. The number of carbonyl (C=O) groups is 1. The van der Waals surface area contributed by atoms with Crippen LogP contribution in [0.3, 0.4) is 0 Å². The first-order valence-corrected chi connectivity index (χ1v) is 6.07. The highest BCUT2D eigenvalue weighted by atomic mass is 32.1. The summed E-state index contributed by atoms with van der Waals surface area (Å²) in [5, 5.41) is 0. The van der Waals surface area contributed by atoms with Gasteiger partial charge in [-0.3, -0.25) is 4.98 Å². The number of nitrogens with zero attached hydrogens (tertiary/aromatic N) is 1. The van der Waals surface area contributed by atoms with Gasteiger partial charge in [-0.2, -0.15) is 0 Å². The van der Waals surface area contributed by atoms with Crippen LogP contribution in [-0.2, 0) is 11.3 Å². The zero-order valence-electron chi connectivity index (χ0n) is 9.75. The average molecular weight is 264 g/mol. The predicted octanol–water partition coefficient (Wildman–Crippen LogP) is 2.09. The quantitative estimate of drug-likeness (QED) is 0.676. The molecule has 0 amide bonds. The van der Waals surface area contributed by atoms with E-state index in [2.05, 4.69) is 4.98 Å². The van der Waals surface area contributed by atoms with Gasteiger partial charge in [0.05, 0.1) is 17.5 Å². The average Bonchev–Trinajstić information content (AvgIpc) is 2.88. The summed E-state index contributed by atoms with van der Waals surface area (Å²) in [6.45, 7) is 0.182. The zero-order valence-corrected chi connectivity index (χ0v) is 10.6. The highest BCUT2D eigenvalue weighted by Crippen LogP contribution is 2.25. The monoisotopic (exact) mass is 264 g/mol. The number of benzene rings is 1. The molecule has 0 saturated carbocycles. The molecule has 0 spiro atoms. The van der Waals surface area contributed by atoms with E-state index in [4.69, 9.17) is 15.2 Å². The van der Waals surface area contributed by atoms with Crippen LogP contribution in [0.1, 0.15) is 15.2 Å². The number of hydrogen-bond donors (Lipinski definition) is 1. The molecule has 5 nitrogen and oxygen atoms in total. The summed E-state index contributed by atoms with van der Waals surface area (Å²) < 4.78 is 10.3. The zero-order chi connectivity index (χ0) is 13.0. The second kappa shape index (κ2) is 5.50. The molecule has 6 heteroatoms. The van der Waals surface area contributed by atoms with Crippen LogP contribution in [0.25, 0.3) is 0 Å². The summed E-state index contributed by atoms with van der Waals surface area (Å²) in [6.07, 6.45) is 1.66. The first-order chi connectivity index (χ1) is 8.72.